The highest BCUT2D eigenvalue weighted by molar-refractivity contribution is 5.53. The summed E-state index contributed by atoms with van der Waals surface area (Å²) in [5, 5.41) is 3.70. The summed E-state index contributed by atoms with van der Waals surface area (Å²) in [4.78, 5) is 0. The van der Waals surface area contributed by atoms with Gasteiger partial charge in [-0.3, -0.25) is 0 Å². The second kappa shape index (κ2) is 7.49. The third-order valence-corrected chi connectivity index (χ3v) is 5.05. The van der Waals surface area contributed by atoms with Crippen LogP contribution in [0.3, 0.4) is 0 Å². The Morgan fingerprint density at radius 3 is 2.16 bits per heavy atom. The Labute approximate surface area is 151 Å². The smallest absolute Gasteiger partial charge is 0.161 e. The molecule has 0 aliphatic carbocycles. The van der Waals surface area contributed by atoms with Gasteiger partial charge in [-0.05, 0) is 86.6 Å². The minimum absolute atomic E-state index is 0.206. The highest BCUT2D eigenvalue weighted by Gasteiger charge is 2.25. The molecule has 0 unspecified atom stereocenters. The molecule has 3 rings (SSSR count). The molecule has 0 bridgehead atoms. The molecule has 2 aromatic carbocycles. The van der Waals surface area contributed by atoms with Crippen LogP contribution in [0.5, 0.6) is 11.5 Å². The number of fused-ring (bicyclic) bond motifs is 1. The van der Waals surface area contributed by atoms with E-state index in [0.29, 0.717) is 13.2 Å². The van der Waals surface area contributed by atoms with Crippen molar-refractivity contribution in [1.82, 2.24) is 5.32 Å². The van der Waals surface area contributed by atoms with E-state index in [1.54, 1.807) is 0 Å². The van der Waals surface area contributed by atoms with Gasteiger partial charge in [0.1, 0.15) is 0 Å². The van der Waals surface area contributed by atoms with E-state index in [1.807, 2.05) is 13.8 Å². The second-order valence-electron chi connectivity index (χ2n) is 6.79. The number of aryl methyl sites for hydroxylation is 3. The SMILES string of the molecule is CCOc1cc2c(cc1OCC)[C@@H](c1cc(C)c(C)cc1C)NCC2. The molecule has 1 atom stereocenters. The zero-order valence-electron chi connectivity index (χ0n) is 16.0. The van der Waals surface area contributed by atoms with Crippen LogP contribution < -0.4 is 14.8 Å². The molecule has 0 saturated heterocycles. The molecule has 2 aromatic rings. The number of rotatable bonds is 5. The van der Waals surface area contributed by atoms with Crippen LogP contribution in [0.4, 0.5) is 0 Å². The van der Waals surface area contributed by atoms with Crippen molar-refractivity contribution in [2.24, 2.45) is 0 Å². The molecule has 0 amide bonds. The third kappa shape index (κ3) is 3.52. The van der Waals surface area contributed by atoms with E-state index in [1.165, 1.54) is 33.4 Å². The van der Waals surface area contributed by atoms with Gasteiger partial charge < -0.3 is 14.8 Å². The maximum atomic E-state index is 5.86. The molecule has 3 nitrogen and oxygen atoms in total. The molecule has 25 heavy (non-hydrogen) atoms. The van der Waals surface area contributed by atoms with E-state index in [2.05, 4.69) is 50.4 Å². The molecule has 1 heterocycles. The van der Waals surface area contributed by atoms with Gasteiger partial charge in [-0.25, -0.2) is 0 Å². The van der Waals surface area contributed by atoms with E-state index < -0.39 is 0 Å². The molecule has 1 N–H and O–H groups in total. The van der Waals surface area contributed by atoms with Crippen molar-refractivity contribution in [3.63, 3.8) is 0 Å². The molecule has 0 saturated carbocycles. The minimum Gasteiger partial charge on any atom is -0.490 e. The summed E-state index contributed by atoms with van der Waals surface area (Å²) in [5.41, 5.74) is 8.04. The summed E-state index contributed by atoms with van der Waals surface area (Å²) >= 11 is 0. The molecule has 3 heteroatoms. The number of hydrogen-bond donors (Lipinski definition) is 1. The first-order chi connectivity index (χ1) is 12.0. The Kier molecular flexibility index (Phi) is 5.33. The van der Waals surface area contributed by atoms with Crippen molar-refractivity contribution in [2.45, 2.75) is 47.1 Å². The quantitative estimate of drug-likeness (QED) is 0.860. The van der Waals surface area contributed by atoms with Gasteiger partial charge in [0.25, 0.3) is 0 Å². The number of benzene rings is 2. The lowest BCUT2D eigenvalue weighted by molar-refractivity contribution is 0.286. The average molecular weight is 339 g/mol. The fourth-order valence-electron chi connectivity index (χ4n) is 3.67. The van der Waals surface area contributed by atoms with Crippen molar-refractivity contribution in [1.29, 1.82) is 0 Å². The first kappa shape index (κ1) is 17.8. The van der Waals surface area contributed by atoms with Crippen LogP contribution in [0, 0.1) is 20.8 Å². The minimum atomic E-state index is 0.206. The van der Waals surface area contributed by atoms with E-state index in [-0.39, 0.29) is 6.04 Å². The standard InChI is InChI=1S/C22H29NO2/c1-6-24-20-12-17-8-9-23-22(19(17)13-21(20)25-7-2)18-11-15(4)14(3)10-16(18)5/h10-13,22-23H,6-9H2,1-5H3/t22-/m1/s1. The molecular formula is C22H29NO2. The maximum Gasteiger partial charge on any atom is 0.161 e. The monoisotopic (exact) mass is 339 g/mol. The summed E-state index contributed by atoms with van der Waals surface area (Å²) < 4.78 is 11.7. The topological polar surface area (TPSA) is 30.5 Å². The zero-order valence-corrected chi connectivity index (χ0v) is 16.0. The first-order valence-electron chi connectivity index (χ1n) is 9.28. The van der Waals surface area contributed by atoms with Gasteiger partial charge >= 0.3 is 0 Å². The van der Waals surface area contributed by atoms with Gasteiger partial charge in [-0.2, -0.15) is 0 Å². The Balaban J connectivity index is 2.09. The van der Waals surface area contributed by atoms with Crippen molar-refractivity contribution in [3.05, 3.63) is 57.6 Å². The van der Waals surface area contributed by atoms with E-state index in [4.69, 9.17) is 9.47 Å². The molecule has 1 aliphatic rings. The van der Waals surface area contributed by atoms with Crippen LogP contribution in [-0.2, 0) is 6.42 Å². The van der Waals surface area contributed by atoms with Gasteiger partial charge in [-0.1, -0.05) is 12.1 Å². The van der Waals surface area contributed by atoms with Crippen molar-refractivity contribution in [2.75, 3.05) is 19.8 Å². The van der Waals surface area contributed by atoms with Crippen LogP contribution in [-0.4, -0.2) is 19.8 Å². The highest BCUT2D eigenvalue weighted by atomic mass is 16.5. The summed E-state index contributed by atoms with van der Waals surface area (Å²) in [6.45, 7) is 12.9. The third-order valence-electron chi connectivity index (χ3n) is 5.05. The largest absolute Gasteiger partial charge is 0.490 e. The zero-order chi connectivity index (χ0) is 18.0. The number of ether oxygens (including phenoxy) is 2. The number of nitrogens with one attached hydrogen (secondary N) is 1. The Morgan fingerprint density at radius 2 is 1.48 bits per heavy atom. The van der Waals surface area contributed by atoms with Crippen LogP contribution >= 0.6 is 0 Å². The van der Waals surface area contributed by atoms with Crippen molar-refractivity contribution < 1.29 is 9.47 Å². The molecule has 0 fully saturated rings. The van der Waals surface area contributed by atoms with Crippen LogP contribution in [0.2, 0.25) is 0 Å². The molecule has 1 aliphatic heterocycles. The van der Waals surface area contributed by atoms with Crippen LogP contribution in [0.25, 0.3) is 0 Å². The summed E-state index contributed by atoms with van der Waals surface area (Å²) in [7, 11) is 0. The van der Waals surface area contributed by atoms with Crippen molar-refractivity contribution in [3.8, 4) is 11.5 Å². The van der Waals surface area contributed by atoms with E-state index in [0.717, 1.165) is 24.5 Å². The summed E-state index contributed by atoms with van der Waals surface area (Å²) in [6, 6.07) is 9.17. The van der Waals surface area contributed by atoms with Crippen molar-refractivity contribution >= 4 is 0 Å². The lowest BCUT2D eigenvalue weighted by Crippen LogP contribution is -2.31. The summed E-state index contributed by atoms with van der Waals surface area (Å²) in [6.07, 6.45) is 1.02. The van der Waals surface area contributed by atoms with E-state index >= 15 is 0 Å². The van der Waals surface area contributed by atoms with Gasteiger partial charge in [0, 0.05) is 6.54 Å². The predicted octanol–water partition coefficient (Wildman–Crippen LogP) is 4.64. The van der Waals surface area contributed by atoms with E-state index in [9.17, 15) is 0 Å². The van der Waals surface area contributed by atoms with Crippen LogP contribution in [0.15, 0.2) is 24.3 Å². The fourth-order valence-corrected chi connectivity index (χ4v) is 3.67. The Hall–Kier alpha value is -2.00. The molecule has 0 spiro atoms. The van der Waals surface area contributed by atoms with Gasteiger partial charge in [0.2, 0.25) is 0 Å². The fraction of sp³-hybridized carbons (Fsp3) is 0.455. The summed E-state index contributed by atoms with van der Waals surface area (Å²) in [5.74, 6) is 1.71. The average Bonchev–Trinajstić information content (AvgIpc) is 2.59. The lowest BCUT2D eigenvalue weighted by Gasteiger charge is -2.30. The molecule has 0 aromatic heterocycles. The van der Waals surface area contributed by atoms with Gasteiger partial charge in [-0.15, -0.1) is 0 Å². The predicted molar refractivity (Wildman–Crippen MR) is 103 cm³/mol. The Morgan fingerprint density at radius 1 is 0.840 bits per heavy atom. The lowest BCUT2D eigenvalue weighted by atomic mass is 9.86. The molecular weight excluding hydrogens is 310 g/mol. The van der Waals surface area contributed by atoms with Gasteiger partial charge in [0.15, 0.2) is 11.5 Å². The highest BCUT2D eigenvalue weighted by Crippen LogP contribution is 2.38. The molecule has 134 valence electrons. The Bertz CT molecular complexity index is 767. The normalized spacial score (nSPS) is 16.4. The second-order valence-corrected chi connectivity index (χ2v) is 6.79. The molecule has 0 radical (unpaired) electrons. The maximum absolute atomic E-state index is 5.86. The number of hydrogen-bond acceptors (Lipinski definition) is 3. The first-order valence-corrected chi connectivity index (χ1v) is 9.28. The van der Waals surface area contributed by atoms with Gasteiger partial charge in [0.05, 0.1) is 19.3 Å². The van der Waals surface area contributed by atoms with Crippen LogP contribution in [0.1, 0.15) is 53.3 Å².